The van der Waals surface area contributed by atoms with Gasteiger partial charge in [-0.2, -0.15) is 0 Å². The number of fused-ring (bicyclic) bond motifs is 1. The van der Waals surface area contributed by atoms with E-state index >= 15 is 0 Å². The molecule has 0 aromatic carbocycles. The Morgan fingerprint density at radius 2 is 2.23 bits per heavy atom. The highest BCUT2D eigenvalue weighted by molar-refractivity contribution is 6.00. The van der Waals surface area contributed by atoms with Crippen LogP contribution in [-0.4, -0.2) is 11.9 Å². The van der Waals surface area contributed by atoms with E-state index < -0.39 is 11.4 Å². The number of esters is 2. The van der Waals surface area contributed by atoms with Crippen molar-refractivity contribution in [2.24, 2.45) is 11.3 Å². The molecule has 1 saturated carbocycles. The lowest BCUT2D eigenvalue weighted by atomic mass is 9.68. The van der Waals surface area contributed by atoms with Crippen molar-refractivity contribution in [1.29, 1.82) is 0 Å². The maximum Gasteiger partial charge on any atom is 0.324 e. The highest BCUT2D eigenvalue weighted by Gasteiger charge is 2.56. The Hall–Kier alpha value is -1.12. The van der Waals surface area contributed by atoms with Gasteiger partial charge in [0, 0.05) is 0 Å². The van der Waals surface area contributed by atoms with Crippen LogP contribution in [0, 0.1) is 11.3 Å². The second-order valence-electron chi connectivity index (χ2n) is 3.75. The third kappa shape index (κ3) is 0.961. The van der Waals surface area contributed by atoms with Gasteiger partial charge in [-0.1, -0.05) is 18.9 Å². The van der Waals surface area contributed by atoms with Gasteiger partial charge in [0.05, 0.1) is 11.3 Å². The lowest BCUT2D eigenvalue weighted by Crippen LogP contribution is -2.34. The molecule has 1 saturated heterocycles. The highest BCUT2D eigenvalue weighted by atomic mass is 16.6. The summed E-state index contributed by atoms with van der Waals surface area (Å²) in [7, 11) is 0. The third-order valence-corrected chi connectivity index (χ3v) is 3.18. The molecule has 0 spiro atoms. The van der Waals surface area contributed by atoms with Crippen molar-refractivity contribution in [3.8, 4) is 0 Å². The molecule has 2 rings (SSSR count). The fourth-order valence-corrected chi connectivity index (χ4v) is 2.36. The summed E-state index contributed by atoms with van der Waals surface area (Å²) in [6.07, 6.45) is 5.06. The molecule has 2 unspecified atom stereocenters. The first-order valence-electron chi connectivity index (χ1n) is 4.60. The molecule has 0 aromatic rings. The van der Waals surface area contributed by atoms with Crippen LogP contribution in [-0.2, 0) is 14.3 Å². The number of carbonyl (C=O) groups is 2. The molecular formula is C10H12O3. The number of hydrogen-bond acceptors (Lipinski definition) is 3. The predicted octanol–water partition coefficient (Wildman–Crippen LogP) is 1.43. The van der Waals surface area contributed by atoms with Crippen LogP contribution in [0.2, 0.25) is 0 Å². The summed E-state index contributed by atoms with van der Waals surface area (Å²) < 4.78 is 4.65. The molecule has 2 atom stereocenters. The van der Waals surface area contributed by atoms with Gasteiger partial charge in [-0.05, 0) is 12.8 Å². The van der Waals surface area contributed by atoms with Crippen molar-refractivity contribution in [2.75, 3.05) is 0 Å². The molecule has 3 heteroatoms. The molecule has 2 fully saturated rings. The first-order valence-corrected chi connectivity index (χ1v) is 4.60. The monoisotopic (exact) mass is 180 g/mol. The molecule has 0 amide bonds. The molecule has 0 bridgehead atoms. The zero-order chi connectivity index (χ0) is 9.47. The highest BCUT2D eigenvalue weighted by Crippen LogP contribution is 2.47. The zero-order valence-electron chi connectivity index (χ0n) is 7.41. The van der Waals surface area contributed by atoms with Crippen LogP contribution < -0.4 is 0 Å². The van der Waals surface area contributed by atoms with E-state index in [1.807, 2.05) is 0 Å². The third-order valence-electron chi connectivity index (χ3n) is 3.18. The van der Waals surface area contributed by atoms with Crippen molar-refractivity contribution >= 4 is 11.9 Å². The molecule has 70 valence electrons. The van der Waals surface area contributed by atoms with Gasteiger partial charge in [0.25, 0.3) is 0 Å². The van der Waals surface area contributed by atoms with Crippen molar-refractivity contribution in [2.45, 2.75) is 25.7 Å². The molecular weight excluding hydrogens is 168 g/mol. The standard InChI is InChI=1S/C10H12O3/c1-2-10-6-4-3-5-7(10)8(11)13-9(10)12/h2,7H,1,3-6H2. The lowest BCUT2D eigenvalue weighted by molar-refractivity contribution is -0.154. The average molecular weight is 180 g/mol. The number of cyclic esters (lactones) is 2. The van der Waals surface area contributed by atoms with Crippen LogP contribution in [0.25, 0.3) is 0 Å². The van der Waals surface area contributed by atoms with Gasteiger partial charge in [0.15, 0.2) is 0 Å². The average Bonchev–Trinajstić information content (AvgIpc) is 2.41. The number of ether oxygens (including phenoxy) is 1. The molecule has 3 nitrogen and oxygen atoms in total. The van der Waals surface area contributed by atoms with Gasteiger partial charge < -0.3 is 4.74 Å². The Balaban J connectivity index is 2.40. The van der Waals surface area contributed by atoms with Gasteiger partial charge in [0.2, 0.25) is 0 Å². The van der Waals surface area contributed by atoms with Crippen LogP contribution in [0.5, 0.6) is 0 Å². The Labute approximate surface area is 76.8 Å². The SMILES string of the molecule is C=CC12CCCCC1C(=O)OC2=O. The van der Waals surface area contributed by atoms with Crippen LogP contribution in [0.15, 0.2) is 12.7 Å². The second kappa shape index (κ2) is 2.69. The van der Waals surface area contributed by atoms with Crippen LogP contribution >= 0.6 is 0 Å². The topological polar surface area (TPSA) is 43.4 Å². The van der Waals surface area contributed by atoms with Crippen LogP contribution in [0.4, 0.5) is 0 Å². The minimum absolute atomic E-state index is 0.258. The van der Waals surface area contributed by atoms with E-state index in [2.05, 4.69) is 11.3 Å². The van der Waals surface area contributed by atoms with E-state index in [0.29, 0.717) is 6.42 Å². The normalized spacial score (nSPS) is 38.3. The fourth-order valence-electron chi connectivity index (χ4n) is 2.36. The zero-order valence-corrected chi connectivity index (χ0v) is 7.41. The van der Waals surface area contributed by atoms with Gasteiger partial charge in [-0.3, -0.25) is 9.59 Å². The molecule has 1 aliphatic heterocycles. The molecule has 1 heterocycles. The van der Waals surface area contributed by atoms with E-state index in [4.69, 9.17) is 0 Å². The second-order valence-corrected chi connectivity index (χ2v) is 3.75. The van der Waals surface area contributed by atoms with E-state index in [1.54, 1.807) is 6.08 Å². The smallest absolute Gasteiger partial charge is 0.324 e. The largest absolute Gasteiger partial charge is 0.392 e. The summed E-state index contributed by atoms with van der Waals surface area (Å²) in [5.41, 5.74) is -0.685. The van der Waals surface area contributed by atoms with Crippen LogP contribution in [0.3, 0.4) is 0 Å². The molecule has 1 aliphatic carbocycles. The van der Waals surface area contributed by atoms with Crippen molar-refractivity contribution < 1.29 is 14.3 Å². The van der Waals surface area contributed by atoms with Crippen molar-refractivity contribution in [3.05, 3.63) is 12.7 Å². The Kier molecular flexibility index (Phi) is 1.75. The first-order chi connectivity index (χ1) is 6.20. The Morgan fingerprint density at radius 3 is 2.85 bits per heavy atom. The maximum absolute atomic E-state index is 11.5. The molecule has 0 aromatic heterocycles. The lowest BCUT2D eigenvalue weighted by Gasteiger charge is -2.30. The van der Waals surface area contributed by atoms with E-state index in [1.165, 1.54) is 0 Å². The van der Waals surface area contributed by atoms with Gasteiger partial charge in [0.1, 0.15) is 0 Å². The summed E-state index contributed by atoms with van der Waals surface area (Å²) in [6.45, 7) is 3.65. The van der Waals surface area contributed by atoms with Gasteiger partial charge in [-0.15, -0.1) is 6.58 Å². The minimum atomic E-state index is -0.685. The van der Waals surface area contributed by atoms with Crippen LogP contribution in [0.1, 0.15) is 25.7 Å². The van der Waals surface area contributed by atoms with Gasteiger partial charge in [-0.25, -0.2) is 0 Å². The summed E-state index contributed by atoms with van der Waals surface area (Å²) >= 11 is 0. The number of hydrogen-bond donors (Lipinski definition) is 0. The summed E-state index contributed by atoms with van der Waals surface area (Å²) in [4.78, 5) is 22.7. The van der Waals surface area contributed by atoms with Crippen molar-refractivity contribution in [1.82, 2.24) is 0 Å². The number of carbonyl (C=O) groups excluding carboxylic acids is 2. The number of rotatable bonds is 1. The minimum Gasteiger partial charge on any atom is -0.392 e. The maximum atomic E-state index is 11.5. The summed E-state index contributed by atoms with van der Waals surface area (Å²) in [6, 6.07) is 0. The van der Waals surface area contributed by atoms with Gasteiger partial charge >= 0.3 is 11.9 Å². The molecule has 0 radical (unpaired) electrons. The Bertz CT molecular complexity index is 282. The molecule has 13 heavy (non-hydrogen) atoms. The quantitative estimate of drug-likeness (QED) is 0.348. The van der Waals surface area contributed by atoms with E-state index in [0.717, 1.165) is 19.3 Å². The summed E-state index contributed by atoms with van der Waals surface area (Å²) in [5.74, 6) is -1.01. The molecule has 0 N–H and O–H groups in total. The van der Waals surface area contributed by atoms with E-state index in [-0.39, 0.29) is 11.9 Å². The first kappa shape index (κ1) is 8.48. The predicted molar refractivity (Wildman–Crippen MR) is 45.7 cm³/mol. The van der Waals surface area contributed by atoms with E-state index in [9.17, 15) is 9.59 Å². The summed E-state index contributed by atoms with van der Waals surface area (Å²) in [5, 5.41) is 0. The Morgan fingerprint density at radius 1 is 1.46 bits per heavy atom. The van der Waals surface area contributed by atoms with Crippen molar-refractivity contribution in [3.63, 3.8) is 0 Å². The molecule has 2 aliphatic rings. The fraction of sp³-hybridized carbons (Fsp3) is 0.600.